The fourth-order valence-corrected chi connectivity index (χ4v) is 2.90. The quantitative estimate of drug-likeness (QED) is 0.671. The molecule has 1 amide bonds. The summed E-state index contributed by atoms with van der Waals surface area (Å²) in [6, 6.07) is 20.8. The summed E-state index contributed by atoms with van der Waals surface area (Å²) in [7, 11) is 0. The van der Waals surface area contributed by atoms with E-state index < -0.39 is 0 Å². The summed E-state index contributed by atoms with van der Waals surface area (Å²) in [6.07, 6.45) is 1.80. The van der Waals surface area contributed by atoms with Crippen LogP contribution in [-0.2, 0) is 0 Å². The van der Waals surface area contributed by atoms with Crippen LogP contribution >= 0.6 is 11.3 Å². The van der Waals surface area contributed by atoms with Gasteiger partial charge in [0.05, 0.1) is 11.3 Å². The Bertz CT molecular complexity index is 837. The Labute approximate surface area is 139 Å². The van der Waals surface area contributed by atoms with Crippen LogP contribution in [0.5, 0.6) is 0 Å². The van der Waals surface area contributed by atoms with E-state index in [2.05, 4.69) is 23.3 Å². The molecule has 0 saturated heterocycles. The van der Waals surface area contributed by atoms with Gasteiger partial charge in [0.15, 0.2) is 0 Å². The summed E-state index contributed by atoms with van der Waals surface area (Å²) >= 11 is 1.67. The average Bonchev–Trinajstić information content (AvgIpc) is 2.99. The summed E-state index contributed by atoms with van der Waals surface area (Å²) in [4.78, 5) is 19.3. The minimum absolute atomic E-state index is 0.161. The molecule has 23 heavy (non-hydrogen) atoms. The number of hydrogen-bond acceptors (Lipinski definition) is 3. The van der Waals surface area contributed by atoms with E-state index in [4.69, 9.17) is 0 Å². The van der Waals surface area contributed by atoms with E-state index in [-0.39, 0.29) is 5.91 Å². The minimum Gasteiger partial charge on any atom is -0.322 e. The molecule has 4 heteroatoms. The van der Waals surface area contributed by atoms with Crippen LogP contribution in [0.1, 0.15) is 20.1 Å². The number of benzene rings is 2. The van der Waals surface area contributed by atoms with Gasteiger partial charge in [-0.3, -0.25) is 9.79 Å². The molecule has 2 aromatic carbocycles. The van der Waals surface area contributed by atoms with Gasteiger partial charge in [0.2, 0.25) is 0 Å². The van der Waals surface area contributed by atoms with E-state index in [0.29, 0.717) is 11.3 Å². The van der Waals surface area contributed by atoms with Gasteiger partial charge in [-0.25, -0.2) is 0 Å². The van der Waals surface area contributed by atoms with Gasteiger partial charge < -0.3 is 5.32 Å². The molecule has 3 nitrogen and oxygen atoms in total. The largest absolute Gasteiger partial charge is 0.322 e. The van der Waals surface area contributed by atoms with Crippen molar-refractivity contribution in [1.82, 2.24) is 0 Å². The molecule has 0 radical (unpaired) electrons. The number of rotatable bonds is 4. The van der Waals surface area contributed by atoms with E-state index in [1.165, 1.54) is 4.88 Å². The number of para-hydroxylation sites is 2. The topological polar surface area (TPSA) is 41.5 Å². The zero-order valence-corrected chi connectivity index (χ0v) is 13.5. The van der Waals surface area contributed by atoms with E-state index in [1.54, 1.807) is 23.6 Å². The number of thiophene rings is 1. The van der Waals surface area contributed by atoms with Crippen LogP contribution in [0, 0.1) is 6.92 Å². The normalized spacial score (nSPS) is 10.8. The van der Waals surface area contributed by atoms with Crippen molar-refractivity contribution < 1.29 is 4.79 Å². The number of nitrogens with zero attached hydrogens (tertiary/aromatic N) is 1. The van der Waals surface area contributed by atoms with Crippen LogP contribution in [-0.4, -0.2) is 12.1 Å². The lowest BCUT2D eigenvalue weighted by Crippen LogP contribution is -2.11. The smallest absolute Gasteiger partial charge is 0.257 e. The van der Waals surface area contributed by atoms with Crippen molar-refractivity contribution in [3.05, 3.63) is 82.0 Å². The third kappa shape index (κ3) is 3.93. The van der Waals surface area contributed by atoms with Crippen molar-refractivity contribution in [1.29, 1.82) is 0 Å². The Balaban J connectivity index is 1.82. The molecule has 0 fully saturated rings. The Morgan fingerprint density at radius 2 is 1.74 bits per heavy atom. The van der Waals surface area contributed by atoms with Crippen molar-refractivity contribution >= 4 is 34.8 Å². The van der Waals surface area contributed by atoms with Crippen LogP contribution < -0.4 is 5.32 Å². The Hall–Kier alpha value is -2.72. The predicted octanol–water partition coefficient (Wildman–Crippen LogP) is 5.06. The fourth-order valence-electron chi connectivity index (χ4n) is 2.15. The zero-order valence-electron chi connectivity index (χ0n) is 12.7. The van der Waals surface area contributed by atoms with Gasteiger partial charge in [0.25, 0.3) is 5.91 Å². The third-order valence-electron chi connectivity index (χ3n) is 3.27. The van der Waals surface area contributed by atoms with Crippen LogP contribution in [0.2, 0.25) is 0 Å². The molecule has 114 valence electrons. The van der Waals surface area contributed by atoms with Crippen molar-refractivity contribution in [2.45, 2.75) is 6.92 Å². The summed E-state index contributed by atoms with van der Waals surface area (Å²) in [6.45, 7) is 2.06. The Morgan fingerprint density at radius 1 is 1.00 bits per heavy atom. The Morgan fingerprint density at radius 3 is 2.48 bits per heavy atom. The number of carbonyl (C=O) groups excluding carboxylic acids is 1. The molecule has 0 spiro atoms. The number of hydrogen-bond donors (Lipinski definition) is 1. The molecular formula is C19H16N2OS. The van der Waals surface area contributed by atoms with E-state index >= 15 is 0 Å². The molecule has 0 atom stereocenters. The fraction of sp³-hybridized carbons (Fsp3) is 0.0526. The third-order valence-corrected chi connectivity index (χ3v) is 4.21. The molecule has 1 heterocycles. The van der Waals surface area contributed by atoms with E-state index in [0.717, 1.165) is 10.6 Å². The van der Waals surface area contributed by atoms with Crippen molar-refractivity contribution in [3.8, 4) is 0 Å². The summed E-state index contributed by atoms with van der Waals surface area (Å²) in [5.74, 6) is -0.161. The van der Waals surface area contributed by atoms with Gasteiger partial charge >= 0.3 is 0 Å². The van der Waals surface area contributed by atoms with Crippen LogP contribution in [0.3, 0.4) is 0 Å². The van der Waals surface area contributed by atoms with Gasteiger partial charge in [-0.1, -0.05) is 30.3 Å². The number of carbonyl (C=O) groups is 1. The molecule has 0 saturated carbocycles. The molecule has 1 aromatic heterocycles. The highest BCUT2D eigenvalue weighted by atomic mass is 32.1. The molecule has 0 bridgehead atoms. The molecule has 0 aliphatic carbocycles. The van der Waals surface area contributed by atoms with Crippen LogP contribution in [0.4, 0.5) is 11.4 Å². The number of amides is 1. The highest BCUT2D eigenvalue weighted by Gasteiger charge is 2.10. The first-order chi connectivity index (χ1) is 11.2. The van der Waals surface area contributed by atoms with Gasteiger partial charge in [-0.05, 0) is 43.3 Å². The number of aliphatic imine (C=N–C) groups is 1. The highest BCUT2D eigenvalue weighted by molar-refractivity contribution is 7.13. The maximum atomic E-state index is 12.5. The first-order valence-corrected chi connectivity index (χ1v) is 8.10. The second kappa shape index (κ2) is 7.03. The number of aryl methyl sites for hydroxylation is 1. The maximum absolute atomic E-state index is 12.5. The molecule has 0 aliphatic heterocycles. The lowest BCUT2D eigenvalue weighted by Gasteiger charge is -2.07. The highest BCUT2D eigenvalue weighted by Crippen LogP contribution is 2.21. The maximum Gasteiger partial charge on any atom is 0.257 e. The Kier molecular flexibility index (Phi) is 4.64. The van der Waals surface area contributed by atoms with E-state index in [9.17, 15) is 4.79 Å². The standard InChI is InChI=1S/C19H16N2OS/c1-14-11-12-16(23-14)13-20-18-10-6-5-9-17(18)19(22)21-15-7-3-2-4-8-15/h2-13H,1H3,(H,21,22). The molecule has 1 N–H and O–H groups in total. The van der Waals surface area contributed by atoms with Gasteiger partial charge in [0.1, 0.15) is 0 Å². The minimum atomic E-state index is -0.161. The predicted molar refractivity (Wildman–Crippen MR) is 97.1 cm³/mol. The van der Waals surface area contributed by atoms with Gasteiger partial charge in [-0.15, -0.1) is 11.3 Å². The molecule has 0 aliphatic rings. The lowest BCUT2D eigenvalue weighted by molar-refractivity contribution is 0.102. The van der Waals surface area contributed by atoms with E-state index in [1.807, 2.05) is 54.6 Å². The molecule has 0 unspecified atom stereocenters. The first-order valence-electron chi connectivity index (χ1n) is 7.28. The van der Waals surface area contributed by atoms with Crippen LogP contribution in [0.15, 0.2) is 71.7 Å². The second-order valence-electron chi connectivity index (χ2n) is 5.04. The summed E-state index contributed by atoms with van der Waals surface area (Å²) in [5.41, 5.74) is 1.98. The van der Waals surface area contributed by atoms with Crippen LogP contribution in [0.25, 0.3) is 0 Å². The van der Waals surface area contributed by atoms with Crippen molar-refractivity contribution in [2.75, 3.05) is 5.32 Å². The SMILES string of the molecule is Cc1ccc(C=Nc2ccccc2C(=O)Nc2ccccc2)s1. The lowest BCUT2D eigenvalue weighted by atomic mass is 10.1. The van der Waals surface area contributed by atoms with Crippen molar-refractivity contribution in [2.24, 2.45) is 4.99 Å². The molecule has 3 rings (SSSR count). The monoisotopic (exact) mass is 320 g/mol. The summed E-state index contributed by atoms with van der Waals surface area (Å²) in [5, 5.41) is 2.89. The van der Waals surface area contributed by atoms with Gasteiger partial charge in [0, 0.05) is 21.7 Å². The number of nitrogens with one attached hydrogen (secondary N) is 1. The first kappa shape index (κ1) is 15.2. The molecular weight excluding hydrogens is 304 g/mol. The van der Waals surface area contributed by atoms with Gasteiger partial charge in [-0.2, -0.15) is 0 Å². The second-order valence-corrected chi connectivity index (χ2v) is 6.36. The summed E-state index contributed by atoms with van der Waals surface area (Å²) < 4.78 is 0. The molecule has 3 aromatic rings. The zero-order chi connectivity index (χ0) is 16.1. The van der Waals surface area contributed by atoms with Crippen molar-refractivity contribution in [3.63, 3.8) is 0 Å². The number of anilines is 1. The average molecular weight is 320 g/mol.